The maximum Gasteiger partial charge on any atom is 0.274 e. The number of thiophene rings is 1. The zero-order valence-electron chi connectivity index (χ0n) is 10.6. The Morgan fingerprint density at radius 3 is 2.58 bits per heavy atom. The van der Waals surface area contributed by atoms with Gasteiger partial charge in [-0.25, -0.2) is 8.42 Å². The van der Waals surface area contributed by atoms with Gasteiger partial charge in [0, 0.05) is 11.0 Å². The topological polar surface area (TPSA) is 37.4 Å². The highest BCUT2D eigenvalue weighted by Gasteiger charge is 2.26. The summed E-state index contributed by atoms with van der Waals surface area (Å²) in [5.41, 5.74) is 1.74. The smallest absolute Gasteiger partial charge is 0.266 e. The van der Waals surface area contributed by atoms with Gasteiger partial charge in [0.05, 0.1) is 5.69 Å². The van der Waals surface area contributed by atoms with Crippen molar-refractivity contribution in [1.82, 2.24) is 0 Å². The van der Waals surface area contributed by atoms with Crippen molar-refractivity contribution in [2.45, 2.75) is 18.1 Å². The molecule has 1 aromatic heterocycles. The second kappa shape index (κ2) is 5.64. The van der Waals surface area contributed by atoms with E-state index in [1.807, 2.05) is 38.1 Å². The van der Waals surface area contributed by atoms with Crippen molar-refractivity contribution < 1.29 is 8.42 Å². The van der Waals surface area contributed by atoms with Crippen molar-refractivity contribution in [3.63, 3.8) is 0 Å². The lowest BCUT2D eigenvalue weighted by Gasteiger charge is -2.22. The molecule has 0 aliphatic rings. The minimum atomic E-state index is -3.50. The van der Waals surface area contributed by atoms with Crippen LogP contribution in [0.15, 0.2) is 44.4 Å². The van der Waals surface area contributed by atoms with Crippen LogP contribution in [0.3, 0.4) is 0 Å². The molecule has 0 aliphatic carbocycles. The van der Waals surface area contributed by atoms with Gasteiger partial charge in [-0.05, 0) is 58.9 Å². The molecule has 2 aromatic rings. The van der Waals surface area contributed by atoms with Gasteiger partial charge in [-0.3, -0.25) is 4.31 Å². The van der Waals surface area contributed by atoms with Crippen molar-refractivity contribution in [3.05, 3.63) is 45.7 Å². The van der Waals surface area contributed by atoms with E-state index < -0.39 is 10.0 Å². The third kappa shape index (κ3) is 2.85. The van der Waals surface area contributed by atoms with E-state index in [0.29, 0.717) is 20.9 Å². The molecule has 0 radical (unpaired) electrons. The molecule has 19 heavy (non-hydrogen) atoms. The van der Waals surface area contributed by atoms with Crippen molar-refractivity contribution in [2.75, 3.05) is 10.8 Å². The minimum Gasteiger partial charge on any atom is -0.266 e. The van der Waals surface area contributed by atoms with E-state index in [0.717, 1.165) is 5.56 Å². The molecule has 0 saturated carbocycles. The largest absolute Gasteiger partial charge is 0.274 e. The average Bonchev–Trinajstić information content (AvgIpc) is 2.77. The van der Waals surface area contributed by atoms with Gasteiger partial charge in [0.2, 0.25) is 0 Å². The van der Waals surface area contributed by atoms with Gasteiger partial charge in [0.1, 0.15) is 0 Å². The Hall–Kier alpha value is -0.850. The van der Waals surface area contributed by atoms with E-state index in [4.69, 9.17) is 0 Å². The van der Waals surface area contributed by atoms with Crippen molar-refractivity contribution in [2.24, 2.45) is 0 Å². The van der Waals surface area contributed by atoms with Crippen LogP contribution in [0.5, 0.6) is 0 Å². The molecule has 0 unspecified atom stereocenters. The Kier molecular flexibility index (Phi) is 4.32. The van der Waals surface area contributed by atoms with Gasteiger partial charge in [0.25, 0.3) is 10.0 Å². The molecule has 102 valence electrons. The Bertz CT molecular complexity index is 679. The third-order valence-electron chi connectivity index (χ3n) is 2.69. The lowest BCUT2D eigenvalue weighted by molar-refractivity contribution is 0.593. The summed E-state index contributed by atoms with van der Waals surface area (Å²) in [7, 11) is -3.50. The van der Waals surface area contributed by atoms with Crippen LogP contribution >= 0.6 is 27.3 Å². The molecular formula is C13H14BrNO2S2. The number of sulfonamides is 1. The summed E-state index contributed by atoms with van der Waals surface area (Å²) >= 11 is 4.51. The summed E-state index contributed by atoms with van der Waals surface area (Å²) in [5, 5.41) is 1.76. The summed E-state index contributed by atoms with van der Waals surface area (Å²) < 4.78 is 27.7. The summed E-state index contributed by atoms with van der Waals surface area (Å²) in [6.07, 6.45) is 0. The predicted octanol–water partition coefficient (Wildman–Crippen LogP) is 4.03. The first-order valence-corrected chi connectivity index (χ1v) is 8.90. The highest BCUT2D eigenvalue weighted by Crippen LogP contribution is 2.32. The molecule has 0 amide bonds. The van der Waals surface area contributed by atoms with E-state index >= 15 is 0 Å². The van der Waals surface area contributed by atoms with Gasteiger partial charge in [-0.2, -0.15) is 0 Å². The number of aryl methyl sites for hydroxylation is 1. The first-order chi connectivity index (χ1) is 8.96. The predicted molar refractivity (Wildman–Crippen MR) is 83.4 cm³/mol. The van der Waals surface area contributed by atoms with Crippen LogP contribution in [0.4, 0.5) is 5.69 Å². The van der Waals surface area contributed by atoms with Crippen LogP contribution < -0.4 is 4.31 Å². The number of benzene rings is 1. The van der Waals surface area contributed by atoms with Crippen molar-refractivity contribution in [1.29, 1.82) is 0 Å². The number of hydrogen-bond acceptors (Lipinski definition) is 3. The quantitative estimate of drug-likeness (QED) is 0.825. The maximum absolute atomic E-state index is 12.7. The standard InChI is InChI=1S/C13H14BrNO2S2/c1-3-15(11-6-4-5-10(2)9-11)19(16,17)13-12(14)7-8-18-13/h4-9H,3H2,1-2H3. The summed E-state index contributed by atoms with van der Waals surface area (Å²) in [4.78, 5) is 0. The van der Waals surface area contributed by atoms with E-state index in [9.17, 15) is 8.42 Å². The van der Waals surface area contributed by atoms with Crippen LogP contribution in [0.2, 0.25) is 0 Å². The molecule has 0 N–H and O–H groups in total. The lowest BCUT2D eigenvalue weighted by atomic mass is 10.2. The SMILES string of the molecule is CCN(c1cccc(C)c1)S(=O)(=O)c1sccc1Br. The summed E-state index contributed by atoms with van der Waals surface area (Å²) in [6.45, 7) is 4.18. The van der Waals surface area contributed by atoms with Gasteiger partial charge < -0.3 is 0 Å². The Balaban J connectivity index is 2.51. The molecule has 0 spiro atoms. The fourth-order valence-corrected chi connectivity index (χ4v) is 5.72. The van der Waals surface area contributed by atoms with E-state index in [1.54, 1.807) is 11.4 Å². The van der Waals surface area contributed by atoms with Crippen LogP contribution in [-0.4, -0.2) is 15.0 Å². The van der Waals surface area contributed by atoms with Crippen molar-refractivity contribution >= 4 is 43.0 Å². The molecule has 0 aliphatic heterocycles. The Labute approximate surface area is 126 Å². The normalized spacial score (nSPS) is 11.5. The molecular weight excluding hydrogens is 346 g/mol. The zero-order valence-corrected chi connectivity index (χ0v) is 13.8. The number of rotatable bonds is 4. The molecule has 0 saturated heterocycles. The van der Waals surface area contributed by atoms with Crippen LogP contribution in [-0.2, 0) is 10.0 Å². The number of halogens is 1. The van der Waals surface area contributed by atoms with E-state index in [2.05, 4.69) is 15.9 Å². The third-order valence-corrected chi connectivity index (χ3v) is 7.24. The summed E-state index contributed by atoms with van der Waals surface area (Å²) in [5.74, 6) is 0. The summed E-state index contributed by atoms with van der Waals surface area (Å²) in [6, 6.07) is 9.26. The second-order valence-electron chi connectivity index (χ2n) is 4.06. The minimum absolute atomic E-state index is 0.343. The van der Waals surface area contributed by atoms with Gasteiger partial charge in [-0.15, -0.1) is 11.3 Å². The number of anilines is 1. The monoisotopic (exact) mass is 359 g/mol. The van der Waals surface area contributed by atoms with Gasteiger partial charge >= 0.3 is 0 Å². The Morgan fingerprint density at radius 1 is 1.32 bits per heavy atom. The highest BCUT2D eigenvalue weighted by atomic mass is 79.9. The molecule has 3 nitrogen and oxygen atoms in total. The lowest BCUT2D eigenvalue weighted by Crippen LogP contribution is -2.30. The first kappa shape index (κ1) is 14.6. The fraction of sp³-hybridized carbons (Fsp3) is 0.231. The number of hydrogen-bond donors (Lipinski definition) is 0. The average molecular weight is 360 g/mol. The molecule has 6 heteroatoms. The van der Waals surface area contributed by atoms with Gasteiger partial charge in [0.15, 0.2) is 4.21 Å². The molecule has 1 aromatic carbocycles. The second-order valence-corrected chi connectivity index (χ2v) is 7.89. The molecule has 2 rings (SSSR count). The molecule has 1 heterocycles. The van der Waals surface area contributed by atoms with E-state index in [1.165, 1.54) is 15.6 Å². The molecule has 0 bridgehead atoms. The Morgan fingerprint density at radius 2 is 2.05 bits per heavy atom. The van der Waals surface area contributed by atoms with Gasteiger partial charge in [-0.1, -0.05) is 12.1 Å². The van der Waals surface area contributed by atoms with Crippen molar-refractivity contribution in [3.8, 4) is 0 Å². The number of nitrogens with zero attached hydrogens (tertiary/aromatic N) is 1. The van der Waals surface area contributed by atoms with E-state index in [-0.39, 0.29) is 0 Å². The van der Waals surface area contributed by atoms with Crippen LogP contribution in [0, 0.1) is 6.92 Å². The fourth-order valence-electron chi connectivity index (χ4n) is 1.84. The molecule has 0 fully saturated rings. The van der Waals surface area contributed by atoms with Crippen LogP contribution in [0.1, 0.15) is 12.5 Å². The van der Waals surface area contributed by atoms with Crippen LogP contribution in [0.25, 0.3) is 0 Å². The maximum atomic E-state index is 12.7. The zero-order chi connectivity index (χ0) is 14.0. The molecule has 0 atom stereocenters. The highest BCUT2D eigenvalue weighted by molar-refractivity contribution is 9.10. The first-order valence-electron chi connectivity index (χ1n) is 5.79.